The minimum absolute atomic E-state index is 0.0779. The van der Waals surface area contributed by atoms with Gasteiger partial charge in [-0.15, -0.1) is 0 Å². The summed E-state index contributed by atoms with van der Waals surface area (Å²) in [6.07, 6.45) is 1.62. The molecule has 33 heavy (non-hydrogen) atoms. The van der Waals surface area contributed by atoms with E-state index in [2.05, 4.69) is 15.9 Å². The fourth-order valence-electron chi connectivity index (χ4n) is 3.77. The predicted molar refractivity (Wildman–Crippen MR) is 120 cm³/mol. The molecule has 8 heteroatoms. The molecule has 0 saturated heterocycles. The Labute approximate surface area is 196 Å². The molecule has 2 aliphatic rings. The second kappa shape index (κ2) is 8.46. The zero-order valence-corrected chi connectivity index (χ0v) is 18.9. The van der Waals surface area contributed by atoms with Crippen molar-refractivity contribution >= 4 is 33.8 Å². The third kappa shape index (κ3) is 4.15. The Hall–Kier alpha value is -3.49. The summed E-state index contributed by atoms with van der Waals surface area (Å²) in [6, 6.07) is 12.0. The predicted octanol–water partition coefficient (Wildman–Crippen LogP) is 5.60. The Morgan fingerprint density at radius 3 is 2.85 bits per heavy atom. The standard InChI is InChI=1S/C25H16BrFO6/c1-13-5-19(32-25(29)14-3-2-4-18(27)8-14)10-20-22(13)23(28)21(33-20)9-15-6-17(26)7-16-11-30-12-31-24(15)16/h2-10H,11-12H2,1H3/b21-9-. The Bertz CT molecular complexity index is 1350. The number of aryl methyl sites for hydroxylation is 1. The van der Waals surface area contributed by atoms with Crippen molar-refractivity contribution in [1.29, 1.82) is 0 Å². The molecule has 2 aliphatic heterocycles. The lowest BCUT2D eigenvalue weighted by Gasteiger charge is -2.20. The molecule has 0 radical (unpaired) electrons. The number of halogens is 2. The number of benzene rings is 3. The molecular formula is C25H16BrFO6. The highest BCUT2D eigenvalue weighted by Gasteiger charge is 2.31. The van der Waals surface area contributed by atoms with Crippen molar-refractivity contribution in [1.82, 2.24) is 0 Å². The van der Waals surface area contributed by atoms with Crippen LogP contribution in [0, 0.1) is 12.7 Å². The molecule has 0 bridgehead atoms. The number of hydrogen-bond acceptors (Lipinski definition) is 6. The average Bonchev–Trinajstić information content (AvgIpc) is 3.09. The van der Waals surface area contributed by atoms with Gasteiger partial charge >= 0.3 is 5.97 Å². The van der Waals surface area contributed by atoms with Crippen molar-refractivity contribution in [3.8, 4) is 17.2 Å². The van der Waals surface area contributed by atoms with Crippen LogP contribution >= 0.6 is 15.9 Å². The maximum atomic E-state index is 13.4. The van der Waals surface area contributed by atoms with Crippen LogP contribution in [0.2, 0.25) is 0 Å². The van der Waals surface area contributed by atoms with Gasteiger partial charge in [-0.25, -0.2) is 9.18 Å². The highest BCUT2D eigenvalue weighted by Crippen LogP contribution is 2.39. The molecule has 0 N–H and O–H groups in total. The molecule has 0 aromatic heterocycles. The summed E-state index contributed by atoms with van der Waals surface area (Å²) < 4.78 is 36.4. The topological polar surface area (TPSA) is 71.1 Å². The largest absolute Gasteiger partial charge is 0.467 e. The Morgan fingerprint density at radius 1 is 1.18 bits per heavy atom. The molecule has 0 unspecified atom stereocenters. The van der Waals surface area contributed by atoms with Crippen LogP contribution < -0.4 is 14.2 Å². The summed E-state index contributed by atoms with van der Waals surface area (Å²) in [6.45, 7) is 2.25. The normalized spacial score (nSPS) is 15.5. The lowest BCUT2D eigenvalue weighted by Crippen LogP contribution is -2.12. The molecule has 0 spiro atoms. The average molecular weight is 511 g/mol. The summed E-state index contributed by atoms with van der Waals surface area (Å²) in [5.74, 6) is -0.317. The number of hydrogen-bond donors (Lipinski definition) is 0. The van der Waals surface area contributed by atoms with Crippen LogP contribution in [-0.4, -0.2) is 18.5 Å². The van der Waals surface area contributed by atoms with Crippen molar-refractivity contribution < 1.29 is 32.9 Å². The van der Waals surface area contributed by atoms with Crippen LogP contribution in [0.1, 0.15) is 37.4 Å². The first kappa shape index (κ1) is 21.4. The van der Waals surface area contributed by atoms with Crippen molar-refractivity contribution in [3.05, 3.63) is 92.4 Å². The molecule has 3 aromatic rings. The highest BCUT2D eigenvalue weighted by molar-refractivity contribution is 9.10. The van der Waals surface area contributed by atoms with E-state index in [1.807, 2.05) is 12.1 Å². The van der Waals surface area contributed by atoms with E-state index in [1.165, 1.54) is 24.3 Å². The van der Waals surface area contributed by atoms with E-state index in [0.29, 0.717) is 29.0 Å². The van der Waals surface area contributed by atoms with Gasteiger partial charge in [-0.05, 0) is 55.0 Å². The minimum atomic E-state index is -0.714. The number of fused-ring (bicyclic) bond motifs is 2. The van der Waals surface area contributed by atoms with Gasteiger partial charge < -0.3 is 18.9 Å². The molecule has 0 amide bonds. The van der Waals surface area contributed by atoms with Gasteiger partial charge in [-0.3, -0.25) is 4.79 Å². The van der Waals surface area contributed by atoms with Gasteiger partial charge in [0.15, 0.2) is 12.6 Å². The first-order chi connectivity index (χ1) is 15.9. The van der Waals surface area contributed by atoms with Crippen LogP contribution in [0.15, 0.2) is 58.8 Å². The summed E-state index contributed by atoms with van der Waals surface area (Å²) in [7, 11) is 0. The Morgan fingerprint density at radius 2 is 2.03 bits per heavy atom. The zero-order chi connectivity index (χ0) is 23.1. The third-order valence-electron chi connectivity index (χ3n) is 5.20. The molecule has 6 nitrogen and oxygen atoms in total. The van der Waals surface area contributed by atoms with Crippen LogP contribution in [0.25, 0.3) is 6.08 Å². The van der Waals surface area contributed by atoms with Gasteiger partial charge in [0, 0.05) is 21.7 Å². The second-order valence-electron chi connectivity index (χ2n) is 7.55. The molecule has 0 saturated carbocycles. The minimum Gasteiger partial charge on any atom is -0.467 e. The van der Waals surface area contributed by atoms with Gasteiger partial charge in [0.25, 0.3) is 0 Å². The monoisotopic (exact) mass is 510 g/mol. The molecule has 3 aromatic carbocycles. The number of ketones is 1. The van der Waals surface area contributed by atoms with Crippen molar-refractivity contribution in [2.24, 2.45) is 0 Å². The third-order valence-corrected chi connectivity index (χ3v) is 5.66. The maximum Gasteiger partial charge on any atom is 0.343 e. The van der Waals surface area contributed by atoms with Gasteiger partial charge in [0.1, 0.15) is 23.1 Å². The first-order valence-corrected chi connectivity index (χ1v) is 10.8. The van der Waals surface area contributed by atoms with E-state index in [1.54, 1.807) is 19.1 Å². The van der Waals surface area contributed by atoms with E-state index >= 15 is 0 Å². The molecule has 2 heterocycles. The van der Waals surface area contributed by atoms with E-state index in [0.717, 1.165) is 16.1 Å². The van der Waals surface area contributed by atoms with Gasteiger partial charge in [-0.1, -0.05) is 22.0 Å². The van der Waals surface area contributed by atoms with E-state index in [-0.39, 0.29) is 35.4 Å². The summed E-state index contributed by atoms with van der Waals surface area (Å²) in [5.41, 5.74) is 2.58. The number of allylic oxidation sites excluding steroid dienone is 1. The molecule has 0 fully saturated rings. The first-order valence-electron chi connectivity index (χ1n) is 9.98. The number of carbonyl (C=O) groups excluding carboxylic acids is 2. The van der Waals surface area contributed by atoms with Crippen molar-refractivity contribution in [2.45, 2.75) is 13.5 Å². The van der Waals surface area contributed by atoms with E-state index in [9.17, 15) is 14.0 Å². The van der Waals surface area contributed by atoms with Gasteiger partial charge in [0.05, 0.1) is 17.7 Å². The Kier molecular flexibility index (Phi) is 5.47. The summed E-state index contributed by atoms with van der Waals surface area (Å²) in [5, 5.41) is 0. The smallest absolute Gasteiger partial charge is 0.343 e. The number of ether oxygens (including phenoxy) is 4. The quantitative estimate of drug-likeness (QED) is 0.259. The SMILES string of the molecule is Cc1cc(OC(=O)c2cccc(F)c2)cc2c1C(=O)/C(=C/c1cc(Br)cc3c1OCOC3)O2. The fraction of sp³-hybridized carbons (Fsp3) is 0.120. The van der Waals surface area contributed by atoms with Crippen molar-refractivity contribution in [2.75, 3.05) is 6.79 Å². The van der Waals surface area contributed by atoms with Gasteiger partial charge in [0.2, 0.25) is 5.78 Å². The van der Waals surface area contributed by atoms with Crippen LogP contribution in [0.4, 0.5) is 4.39 Å². The molecule has 5 rings (SSSR count). The van der Waals surface area contributed by atoms with E-state index < -0.39 is 11.8 Å². The Balaban J connectivity index is 1.45. The highest BCUT2D eigenvalue weighted by atomic mass is 79.9. The molecule has 166 valence electrons. The molecular weight excluding hydrogens is 495 g/mol. The maximum absolute atomic E-state index is 13.4. The summed E-state index contributed by atoms with van der Waals surface area (Å²) in [4.78, 5) is 25.4. The van der Waals surface area contributed by atoms with Gasteiger partial charge in [-0.2, -0.15) is 0 Å². The van der Waals surface area contributed by atoms with Crippen LogP contribution in [0.5, 0.6) is 17.2 Å². The molecule has 0 atom stereocenters. The number of carbonyl (C=O) groups is 2. The summed E-state index contributed by atoms with van der Waals surface area (Å²) >= 11 is 3.46. The fourth-order valence-corrected chi connectivity index (χ4v) is 4.30. The van der Waals surface area contributed by atoms with Crippen molar-refractivity contribution in [3.63, 3.8) is 0 Å². The van der Waals surface area contributed by atoms with Crippen LogP contribution in [0.3, 0.4) is 0 Å². The zero-order valence-electron chi connectivity index (χ0n) is 17.3. The number of rotatable bonds is 3. The second-order valence-corrected chi connectivity index (χ2v) is 8.46. The number of Topliss-reactive ketones (excluding diaryl/α,β-unsaturated/α-hetero) is 1. The molecule has 0 aliphatic carbocycles. The van der Waals surface area contributed by atoms with Crippen LogP contribution in [-0.2, 0) is 11.3 Å². The lowest BCUT2D eigenvalue weighted by atomic mass is 10.0. The lowest BCUT2D eigenvalue weighted by molar-refractivity contribution is -0.0165. The van der Waals surface area contributed by atoms with E-state index in [4.69, 9.17) is 18.9 Å². The number of esters is 1.